The standard InChI is InChI=1S/C9H13N.2C2H6/c1-10-7-6-8-4-2-3-5-9(8)10;2*1-2/h6-7H,2-5H2,1H3;2*1-2H3. The minimum atomic E-state index is 1.29. The molecule has 0 radical (unpaired) electrons. The minimum Gasteiger partial charge on any atom is -0.354 e. The van der Waals surface area contributed by atoms with Crippen LogP contribution in [0.1, 0.15) is 51.8 Å². The number of aromatic nitrogens is 1. The lowest BCUT2D eigenvalue weighted by atomic mass is 9.98. The van der Waals surface area contributed by atoms with Gasteiger partial charge in [-0.3, -0.25) is 0 Å². The van der Waals surface area contributed by atoms with E-state index >= 15 is 0 Å². The average molecular weight is 195 g/mol. The molecule has 1 heteroatoms. The molecule has 0 N–H and O–H groups in total. The highest BCUT2D eigenvalue weighted by Gasteiger charge is 2.10. The zero-order valence-corrected chi connectivity index (χ0v) is 10.4. The van der Waals surface area contributed by atoms with Gasteiger partial charge in [0.15, 0.2) is 0 Å². The van der Waals surface area contributed by atoms with Crippen molar-refractivity contribution < 1.29 is 0 Å². The van der Waals surface area contributed by atoms with E-state index in [9.17, 15) is 0 Å². The second-order valence-corrected chi connectivity index (χ2v) is 3.11. The second kappa shape index (κ2) is 7.66. The summed E-state index contributed by atoms with van der Waals surface area (Å²) in [5.41, 5.74) is 3.14. The minimum absolute atomic E-state index is 1.29. The monoisotopic (exact) mass is 195 g/mol. The Morgan fingerprint density at radius 2 is 1.57 bits per heavy atom. The molecule has 1 heterocycles. The molecule has 0 aromatic carbocycles. The fourth-order valence-corrected chi connectivity index (χ4v) is 1.79. The van der Waals surface area contributed by atoms with E-state index in [0.29, 0.717) is 0 Å². The van der Waals surface area contributed by atoms with Gasteiger partial charge < -0.3 is 4.57 Å². The van der Waals surface area contributed by atoms with Gasteiger partial charge in [-0.2, -0.15) is 0 Å². The van der Waals surface area contributed by atoms with Crippen LogP contribution in [0, 0.1) is 0 Å². The third-order valence-electron chi connectivity index (χ3n) is 2.41. The second-order valence-electron chi connectivity index (χ2n) is 3.11. The van der Waals surface area contributed by atoms with Crippen LogP contribution < -0.4 is 0 Å². The Labute approximate surface area is 89.1 Å². The molecule has 0 saturated heterocycles. The predicted molar refractivity (Wildman–Crippen MR) is 64.8 cm³/mol. The SMILES string of the molecule is CC.CC.Cn1ccc2c1CCCC2. The van der Waals surface area contributed by atoms with E-state index < -0.39 is 0 Å². The first-order valence-electron chi connectivity index (χ1n) is 6.01. The molecular formula is C13H25N. The highest BCUT2D eigenvalue weighted by Crippen LogP contribution is 2.20. The summed E-state index contributed by atoms with van der Waals surface area (Å²) in [4.78, 5) is 0. The van der Waals surface area contributed by atoms with Gasteiger partial charge in [-0.1, -0.05) is 27.7 Å². The first kappa shape index (κ1) is 13.3. The first-order valence-corrected chi connectivity index (χ1v) is 6.01. The van der Waals surface area contributed by atoms with Gasteiger partial charge in [0.1, 0.15) is 0 Å². The summed E-state index contributed by atoms with van der Waals surface area (Å²) in [5.74, 6) is 0. The van der Waals surface area contributed by atoms with Crippen molar-refractivity contribution in [1.29, 1.82) is 0 Å². The lowest BCUT2D eigenvalue weighted by Gasteiger charge is -2.12. The summed E-state index contributed by atoms with van der Waals surface area (Å²) >= 11 is 0. The molecule has 1 aromatic rings. The molecule has 1 aliphatic rings. The normalized spacial score (nSPS) is 12.9. The lowest BCUT2D eigenvalue weighted by molar-refractivity contribution is 0.648. The molecular weight excluding hydrogens is 170 g/mol. The molecule has 0 amide bonds. The predicted octanol–water partition coefficient (Wildman–Crippen LogP) is 3.96. The van der Waals surface area contributed by atoms with Crippen LogP contribution in [0.25, 0.3) is 0 Å². The van der Waals surface area contributed by atoms with Gasteiger partial charge in [0.05, 0.1) is 0 Å². The van der Waals surface area contributed by atoms with Crippen molar-refractivity contribution in [3.63, 3.8) is 0 Å². The van der Waals surface area contributed by atoms with Crippen LogP contribution in [0.2, 0.25) is 0 Å². The molecule has 1 nitrogen and oxygen atoms in total. The van der Waals surface area contributed by atoms with E-state index in [1.807, 2.05) is 27.7 Å². The van der Waals surface area contributed by atoms with Crippen LogP contribution in [0.3, 0.4) is 0 Å². The van der Waals surface area contributed by atoms with Crippen molar-refractivity contribution in [2.45, 2.75) is 53.4 Å². The Balaban J connectivity index is 0.000000379. The molecule has 1 aliphatic carbocycles. The summed E-state index contributed by atoms with van der Waals surface area (Å²) in [6.45, 7) is 8.00. The third-order valence-corrected chi connectivity index (χ3v) is 2.41. The van der Waals surface area contributed by atoms with Crippen LogP contribution >= 0.6 is 0 Å². The van der Waals surface area contributed by atoms with E-state index in [4.69, 9.17) is 0 Å². The molecule has 82 valence electrons. The highest BCUT2D eigenvalue weighted by atomic mass is 14.9. The summed E-state index contributed by atoms with van der Waals surface area (Å²) in [6, 6.07) is 2.26. The summed E-state index contributed by atoms with van der Waals surface area (Å²) in [5, 5.41) is 0. The summed E-state index contributed by atoms with van der Waals surface area (Å²) in [7, 11) is 2.14. The van der Waals surface area contributed by atoms with E-state index in [-0.39, 0.29) is 0 Å². The van der Waals surface area contributed by atoms with Crippen LogP contribution in [-0.4, -0.2) is 4.57 Å². The van der Waals surface area contributed by atoms with Gasteiger partial charge in [-0.05, 0) is 37.3 Å². The number of rotatable bonds is 0. The Bertz CT molecular complexity index is 235. The smallest absolute Gasteiger partial charge is 0.0203 e. The Kier molecular flexibility index (Phi) is 7.27. The topological polar surface area (TPSA) is 4.93 Å². The number of hydrogen-bond donors (Lipinski definition) is 0. The van der Waals surface area contributed by atoms with Crippen molar-refractivity contribution in [3.8, 4) is 0 Å². The Hall–Kier alpha value is -0.720. The zero-order chi connectivity index (χ0) is 11.0. The molecule has 0 spiro atoms. The van der Waals surface area contributed by atoms with Gasteiger partial charge in [-0.25, -0.2) is 0 Å². The molecule has 0 atom stereocenters. The zero-order valence-electron chi connectivity index (χ0n) is 10.4. The van der Waals surface area contributed by atoms with E-state index in [1.165, 1.54) is 25.7 Å². The van der Waals surface area contributed by atoms with Crippen LogP contribution in [0.4, 0.5) is 0 Å². The van der Waals surface area contributed by atoms with Gasteiger partial charge in [0.25, 0.3) is 0 Å². The van der Waals surface area contributed by atoms with Crippen LogP contribution in [0.5, 0.6) is 0 Å². The largest absolute Gasteiger partial charge is 0.354 e. The van der Waals surface area contributed by atoms with E-state index in [1.54, 1.807) is 11.3 Å². The fourth-order valence-electron chi connectivity index (χ4n) is 1.79. The summed E-state index contributed by atoms with van der Waals surface area (Å²) < 4.78 is 2.26. The quantitative estimate of drug-likeness (QED) is 0.590. The van der Waals surface area contributed by atoms with E-state index in [2.05, 4.69) is 23.9 Å². The molecule has 0 saturated carbocycles. The Morgan fingerprint density at radius 1 is 1.00 bits per heavy atom. The van der Waals surface area contributed by atoms with Crippen LogP contribution in [-0.2, 0) is 19.9 Å². The van der Waals surface area contributed by atoms with Crippen molar-refractivity contribution in [3.05, 3.63) is 23.5 Å². The lowest BCUT2D eigenvalue weighted by Crippen LogP contribution is -2.04. The maximum atomic E-state index is 2.26. The summed E-state index contributed by atoms with van der Waals surface area (Å²) in [6.07, 6.45) is 7.53. The van der Waals surface area contributed by atoms with Crippen molar-refractivity contribution in [2.24, 2.45) is 7.05 Å². The number of nitrogens with zero attached hydrogens (tertiary/aromatic N) is 1. The van der Waals surface area contributed by atoms with Gasteiger partial charge in [0.2, 0.25) is 0 Å². The van der Waals surface area contributed by atoms with E-state index in [0.717, 1.165) is 0 Å². The van der Waals surface area contributed by atoms with Gasteiger partial charge in [-0.15, -0.1) is 0 Å². The van der Waals surface area contributed by atoms with Gasteiger partial charge >= 0.3 is 0 Å². The van der Waals surface area contributed by atoms with Crippen molar-refractivity contribution in [2.75, 3.05) is 0 Å². The maximum Gasteiger partial charge on any atom is 0.0203 e. The number of aryl methyl sites for hydroxylation is 2. The first-order chi connectivity index (χ1) is 6.88. The molecule has 0 fully saturated rings. The molecule has 0 bridgehead atoms. The van der Waals surface area contributed by atoms with Crippen molar-refractivity contribution in [1.82, 2.24) is 4.57 Å². The molecule has 14 heavy (non-hydrogen) atoms. The molecule has 2 rings (SSSR count). The number of fused-ring (bicyclic) bond motifs is 1. The fraction of sp³-hybridized carbons (Fsp3) is 0.692. The average Bonchev–Trinajstić information content (AvgIpc) is 2.67. The highest BCUT2D eigenvalue weighted by molar-refractivity contribution is 5.24. The maximum absolute atomic E-state index is 2.26. The van der Waals surface area contributed by atoms with Crippen LogP contribution in [0.15, 0.2) is 12.3 Å². The number of hydrogen-bond acceptors (Lipinski definition) is 0. The molecule has 0 aliphatic heterocycles. The third kappa shape index (κ3) is 3.21. The Morgan fingerprint density at radius 3 is 2.14 bits per heavy atom. The molecule has 1 aromatic heterocycles. The molecule has 0 unspecified atom stereocenters. The van der Waals surface area contributed by atoms with Gasteiger partial charge in [0, 0.05) is 18.9 Å². The van der Waals surface area contributed by atoms with Crippen molar-refractivity contribution >= 4 is 0 Å².